The van der Waals surface area contributed by atoms with E-state index in [1.54, 1.807) is 0 Å². The molecular weight excluding hydrogens is 424 g/mol. The molecule has 0 bridgehead atoms. The number of aromatic nitrogens is 1. The van der Waals surface area contributed by atoms with Gasteiger partial charge >= 0.3 is 0 Å². The van der Waals surface area contributed by atoms with Crippen LogP contribution in [-0.2, 0) is 17.8 Å². The first-order chi connectivity index (χ1) is 16.6. The summed E-state index contributed by atoms with van der Waals surface area (Å²) in [5.41, 5.74) is 5.35. The molecule has 6 nitrogen and oxygen atoms in total. The summed E-state index contributed by atoms with van der Waals surface area (Å²) >= 11 is 0. The summed E-state index contributed by atoms with van der Waals surface area (Å²) in [6, 6.07) is 16.7. The molecule has 176 valence electrons. The molecule has 3 aliphatic rings. The molecule has 1 fully saturated rings. The van der Waals surface area contributed by atoms with E-state index in [1.807, 2.05) is 29.2 Å². The highest BCUT2D eigenvalue weighted by molar-refractivity contribution is 6.02. The number of amides is 2. The third-order valence-corrected chi connectivity index (χ3v) is 7.94. The number of nitrogens with zero attached hydrogens (tertiary/aromatic N) is 3. The van der Waals surface area contributed by atoms with Crippen molar-refractivity contribution in [3.05, 3.63) is 65.4 Å². The lowest BCUT2D eigenvalue weighted by atomic mass is 9.95. The van der Waals surface area contributed by atoms with Crippen LogP contribution < -0.4 is 10.2 Å². The molecule has 0 saturated heterocycles. The predicted octanol–water partition coefficient (Wildman–Crippen LogP) is 4.63. The van der Waals surface area contributed by atoms with E-state index >= 15 is 0 Å². The maximum Gasteiger partial charge on any atom is 0.257 e. The summed E-state index contributed by atoms with van der Waals surface area (Å²) < 4.78 is 2.31. The first kappa shape index (κ1) is 21.3. The second kappa shape index (κ2) is 8.49. The van der Waals surface area contributed by atoms with Crippen LogP contribution in [0, 0.1) is 0 Å². The molecule has 6 heteroatoms. The smallest absolute Gasteiger partial charge is 0.257 e. The Hall–Kier alpha value is -3.28. The summed E-state index contributed by atoms with van der Waals surface area (Å²) in [7, 11) is 2.08. The van der Waals surface area contributed by atoms with Crippen LogP contribution in [0.25, 0.3) is 10.9 Å². The van der Waals surface area contributed by atoms with E-state index in [9.17, 15) is 9.59 Å². The average Bonchev–Trinajstić information content (AvgIpc) is 3.20. The van der Waals surface area contributed by atoms with E-state index in [1.165, 1.54) is 30.2 Å². The number of carbonyl (C=O) groups is 2. The van der Waals surface area contributed by atoms with Crippen LogP contribution in [0.5, 0.6) is 0 Å². The van der Waals surface area contributed by atoms with Gasteiger partial charge in [0, 0.05) is 43.5 Å². The summed E-state index contributed by atoms with van der Waals surface area (Å²) in [6.07, 6.45) is 6.99. The molecule has 2 aliphatic heterocycles. The van der Waals surface area contributed by atoms with E-state index in [4.69, 9.17) is 0 Å². The normalized spacial score (nSPS) is 20.1. The van der Waals surface area contributed by atoms with Crippen molar-refractivity contribution in [1.29, 1.82) is 0 Å². The van der Waals surface area contributed by atoms with Gasteiger partial charge in [0.1, 0.15) is 6.17 Å². The van der Waals surface area contributed by atoms with Crippen molar-refractivity contribution >= 4 is 28.4 Å². The summed E-state index contributed by atoms with van der Waals surface area (Å²) in [5.74, 6) is 0.223. The number of carbonyl (C=O) groups excluding carboxylic acids is 2. The maximum absolute atomic E-state index is 13.4. The van der Waals surface area contributed by atoms with E-state index in [-0.39, 0.29) is 18.0 Å². The van der Waals surface area contributed by atoms with Crippen molar-refractivity contribution in [1.82, 2.24) is 14.8 Å². The molecule has 6 rings (SSSR count). The molecule has 1 N–H and O–H groups in total. The van der Waals surface area contributed by atoms with Gasteiger partial charge in [-0.3, -0.25) is 9.59 Å². The van der Waals surface area contributed by atoms with Crippen molar-refractivity contribution in [3.8, 4) is 0 Å². The standard InChI is InChI=1S/C28H32N4O2/c1-30-23-13-7-6-12-22(23)28(34)32-17-15-21-20-11-5-8-14-24(20)31(26(21)27(30)32)18-16-25(33)29-19-9-3-2-4-10-19/h5-8,11-14,19,27H,2-4,9-10,15-18H2,1H3,(H,29,33). The van der Waals surface area contributed by atoms with Gasteiger partial charge < -0.3 is 19.7 Å². The third kappa shape index (κ3) is 3.39. The van der Waals surface area contributed by atoms with E-state index in [0.29, 0.717) is 25.6 Å². The molecule has 3 heterocycles. The lowest BCUT2D eigenvalue weighted by Gasteiger charge is -2.46. The largest absolute Gasteiger partial charge is 0.353 e. The van der Waals surface area contributed by atoms with Crippen molar-refractivity contribution < 1.29 is 9.59 Å². The molecule has 1 aliphatic carbocycles. The second-order valence-electron chi connectivity index (χ2n) is 9.94. The molecule has 2 amide bonds. The second-order valence-corrected chi connectivity index (χ2v) is 9.94. The van der Waals surface area contributed by atoms with Gasteiger partial charge in [0.2, 0.25) is 5.91 Å². The fourth-order valence-electron chi connectivity index (χ4n) is 6.31. The summed E-state index contributed by atoms with van der Waals surface area (Å²) in [4.78, 5) is 30.6. The number of aryl methyl sites for hydroxylation is 1. The van der Waals surface area contributed by atoms with Crippen LogP contribution in [0.2, 0.25) is 0 Å². The van der Waals surface area contributed by atoms with E-state index in [2.05, 4.69) is 46.1 Å². The van der Waals surface area contributed by atoms with Gasteiger partial charge in [-0.2, -0.15) is 0 Å². The summed E-state index contributed by atoms with van der Waals surface area (Å²) in [5, 5.41) is 4.51. The van der Waals surface area contributed by atoms with Crippen LogP contribution in [0.15, 0.2) is 48.5 Å². The fourth-order valence-corrected chi connectivity index (χ4v) is 6.31. The minimum absolute atomic E-state index is 0.0937. The van der Waals surface area contributed by atoms with Crippen LogP contribution in [0.1, 0.15) is 66.3 Å². The number of rotatable bonds is 4. The molecule has 1 aromatic heterocycles. The SMILES string of the molecule is CN1c2ccccc2C(=O)N2CCc3c(n(CCC(=O)NC4CCCCC4)c4ccccc34)C21. The molecular formula is C28H32N4O2. The van der Waals surface area contributed by atoms with Gasteiger partial charge in [-0.1, -0.05) is 49.6 Å². The Kier molecular flexibility index (Phi) is 5.31. The molecule has 34 heavy (non-hydrogen) atoms. The third-order valence-electron chi connectivity index (χ3n) is 7.94. The highest BCUT2D eigenvalue weighted by atomic mass is 16.2. The van der Waals surface area contributed by atoms with Crippen molar-refractivity contribution in [3.63, 3.8) is 0 Å². The van der Waals surface area contributed by atoms with Gasteiger partial charge in [0.25, 0.3) is 5.91 Å². The Bertz CT molecular complexity index is 1260. The zero-order chi connectivity index (χ0) is 23.2. The number of hydrogen-bond donors (Lipinski definition) is 1. The minimum Gasteiger partial charge on any atom is -0.353 e. The maximum atomic E-state index is 13.4. The van der Waals surface area contributed by atoms with Gasteiger partial charge in [-0.05, 0) is 43.0 Å². The molecule has 0 radical (unpaired) electrons. The fraction of sp³-hybridized carbons (Fsp3) is 0.429. The van der Waals surface area contributed by atoms with E-state index < -0.39 is 0 Å². The number of benzene rings is 2. The highest BCUT2D eigenvalue weighted by Gasteiger charge is 2.42. The molecule has 0 spiro atoms. The van der Waals surface area contributed by atoms with Gasteiger partial charge in [0.15, 0.2) is 0 Å². The lowest BCUT2D eigenvalue weighted by Crippen LogP contribution is -2.51. The topological polar surface area (TPSA) is 57.6 Å². The van der Waals surface area contributed by atoms with Crippen molar-refractivity contribution in [2.75, 3.05) is 18.5 Å². The average molecular weight is 457 g/mol. The Morgan fingerprint density at radius 1 is 1.03 bits per heavy atom. The zero-order valence-corrected chi connectivity index (χ0v) is 19.8. The Morgan fingerprint density at radius 3 is 2.65 bits per heavy atom. The molecule has 3 aromatic rings. The Balaban J connectivity index is 1.37. The first-order valence-corrected chi connectivity index (χ1v) is 12.7. The van der Waals surface area contributed by atoms with Crippen molar-refractivity contribution in [2.45, 2.75) is 63.7 Å². The quantitative estimate of drug-likeness (QED) is 0.623. The van der Waals surface area contributed by atoms with Gasteiger partial charge in [0.05, 0.1) is 16.9 Å². The number of nitrogens with one attached hydrogen (secondary N) is 1. The molecule has 1 atom stereocenters. The molecule has 2 aromatic carbocycles. The Morgan fingerprint density at radius 2 is 1.79 bits per heavy atom. The van der Waals surface area contributed by atoms with Crippen LogP contribution in [0.3, 0.4) is 0 Å². The first-order valence-electron chi connectivity index (χ1n) is 12.7. The van der Waals surface area contributed by atoms with Gasteiger partial charge in [-0.25, -0.2) is 0 Å². The number of hydrogen-bond acceptors (Lipinski definition) is 3. The zero-order valence-electron chi connectivity index (χ0n) is 19.8. The minimum atomic E-state index is -0.167. The van der Waals surface area contributed by atoms with Crippen LogP contribution >= 0.6 is 0 Å². The summed E-state index contributed by atoms with van der Waals surface area (Å²) in [6.45, 7) is 1.31. The van der Waals surface area contributed by atoms with Crippen LogP contribution in [-0.4, -0.2) is 40.9 Å². The number of anilines is 1. The lowest BCUT2D eigenvalue weighted by molar-refractivity contribution is -0.122. The predicted molar refractivity (Wildman–Crippen MR) is 134 cm³/mol. The molecule has 1 unspecified atom stereocenters. The monoisotopic (exact) mass is 456 g/mol. The number of para-hydroxylation sites is 2. The van der Waals surface area contributed by atoms with E-state index in [0.717, 1.165) is 41.7 Å². The van der Waals surface area contributed by atoms with Crippen LogP contribution in [0.4, 0.5) is 5.69 Å². The Labute approximate surface area is 200 Å². The molecule has 1 saturated carbocycles. The highest BCUT2D eigenvalue weighted by Crippen LogP contribution is 2.44. The number of fused-ring (bicyclic) bond motifs is 6. The van der Waals surface area contributed by atoms with Crippen molar-refractivity contribution in [2.24, 2.45) is 0 Å². The van der Waals surface area contributed by atoms with Gasteiger partial charge in [-0.15, -0.1) is 0 Å².